The van der Waals surface area contributed by atoms with E-state index in [4.69, 9.17) is 4.98 Å². The molecule has 3 nitrogen and oxygen atoms in total. The van der Waals surface area contributed by atoms with Crippen LogP contribution in [0.3, 0.4) is 0 Å². The average molecular weight is 349 g/mol. The maximum absolute atomic E-state index is 9.53. The van der Waals surface area contributed by atoms with Crippen LogP contribution in [0.2, 0.25) is 0 Å². The van der Waals surface area contributed by atoms with Gasteiger partial charge in [-0.1, -0.05) is 22.4 Å². The molecule has 4 heteroatoms. The number of hydrogen-bond donors (Lipinski definition) is 1. The summed E-state index contributed by atoms with van der Waals surface area (Å²) in [6.45, 7) is 0. The number of hydrogen-bond acceptors (Lipinski definition) is 3. The lowest BCUT2D eigenvalue weighted by molar-refractivity contribution is 0.106. The number of rotatable bonds is 4. The highest BCUT2D eigenvalue weighted by molar-refractivity contribution is 9.10. The van der Waals surface area contributed by atoms with Crippen molar-refractivity contribution in [2.45, 2.75) is 51.0 Å². The van der Waals surface area contributed by atoms with E-state index >= 15 is 0 Å². The molecule has 112 valence electrons. The summed E-state index contributed by atoms with van der Waals surface area (Å²) in [7, 11) is 0. The number of halogens is 1. The molecule has 2 aromatic rings. The number of aliphatic hydroxyl groups is 1. The van der Waals surface area contributed by atoms with E-state index in [1.807, 2.05) is 24.4 Å². The fraction of sp³-hybridized carbons (Fsp3) is 0.529. The van der Waals surface area contributed by atoms with Gasteiger partial charge in [-0.3, -0.25) is 4.98 Å². The van der Waals surface area contributed by atoms with Gasteiger partial charge in [0.15, 0.2) is 0 Å². The van der Waals surface area contributed by atoms with Crippen molar-refractivity contribution in [1.29, 1.82) is 0 Å². The number of aromatic nitrogens is 2. The summed E-state index contributed by atoms with van der Waals surface area (Å²) in [5.74, 6) is 0.788. The molecule has 1 fully saturated rings. The highest BCUT2D eigenvalue weighted by atomic mass is 79.9. The standard InChI is InChI=1S/C17H21BrN2O/c18-13-6-9-16-17(10-13)20-14(11-19-16)3-1-2-12-4-7-15(21)8-5-12/h6,9-12,15,21H,1-5,7-8H2. The molecule has 1 N–H and O–H groups in total. The first-order valence-electron chi connectivity index (χ1n) is 7.80. The molecule has 1 aromatic heterocycles. The Kier molecular flexibility index (Phi) is 4.86. The molecule has 0 atom stereocenters. The lowest BCUT2D eigenvalue weighted by atomic mass is 9.84. The van der Waals surface area contributed by atoms with E-state index in [0.717, 1.165) is 52.8 Å². The molecule has 1 aromatic carbocycles. The van der Waals surface area contributed by atoms with Crippen molar-refractivity contribution in [2.24, 2.45) is 5.92 Å². The first-order valence-corrected chi connectivity index (χ1v) is 8.59. The second-order valence-corrected chi connectivity index (χ2v) is 6.98. The number of benzene rings is 1. The molecular formula is C17H21BrN2O. The van der Waals surface area contributed by atoms with Crippen molar-refractivity contribution in [3.63, 3.8) is 0 Å². The van der Waals surface area contributed by atoms with Gasteiger partial charge >= 0.3 is 0 Å². The average Bonchev–Trinajstić information content (AvgIpc) is 2.49. The number of aliphatic hydroxyl groups excluding tert-OH is 1. The van der Waals surface area contributed by atoms with Gasteiger partial charge in [0, 0.05) is 10.7 Å². The summed E-state index contributed by atoms with van der Waals surface area (Å²) < 4.78 is 1.04. The van der Waals surface area contributed by atoms with Gasteiger partial charge in [-0.05, 0) is 62.6 Å². The zero-order chi connectivity index (χ0) is 14.7. The van der Waals surface area contributed by atoms with Crippen LogP contribution in [0.1, 0.15) is 44.2 Å². The van der Waals surface area contributed by atoms with Gasteiger partial charge < -0.3 is 5.11 Å². The molecule has 0 bridgehead atoms. The Balaban J connectivity index is 1.55. The minimum atomic E-state index is -0.0500. The molecule has 1 aliphatic rings. The molecular weight excluding hydrogens is 328 g/mol. The van der Waals surface area contributed by atoms with Crippen LogP contribution in [0.5, 0.6) is 0 Å². The van der Waals surface area contributed by atoms with Crippen LogP contribution < -0.4 is 0 Å². The fourth-order valence-corrected chi connectivity index (χ4v) is 3.50. The molecule has 0 radical (unpaired) electrons. The topological polar surface area (TPSA) is 46.0 Å². The molecule has 1 saturated carbocycles. The molecule has 21 heavy (non-hydrogen) atoms. The Hall–Kier alpha value is -1.00. The summed E-state index contributed by atoms with van der Waals surface area (Å²) in [6.07, 6.45) is 9.57. The van der Waals surface area contributed by atoms with Crippen molar-refractivity contribution < 1.29 is 5.11 Å². The van der Waals surface area contributed by atoms with E-state index in [2.05, 4.69) is 20.9 Å². The van der Waals surface area contributed by atoms with Crippen LogP contribution in [0.4, 0.5) is 0 Å². The molecule has 0 unspecified atom stereocenters. The van der Waals surface area contributed by atoms with Gasteiger partial charge in [0.2, 0.25) is 0 Å². The summed E-state index contributed by atoms with van der Waals surface area (Å²) in [5.41, 5.74) is 2.99. The lowest BCUT2D eigenvalue weighted by Gasteiger charge is -2.25. The maximum atomic E-state index is 9.53. The molecule has 0 spiro atoms. The van der Waals surface area contributed by atoms with E-state index in [1.165, 1.54) is 19.3 Å². The normalized spacial score (nSPS) is 22.6. The third kappa shape index (κ3) is 4.01. The van der Waals surface area contributed by atoms with Crippen LogP contribution in [0.15, 0.2) is 28.9 Å². The molecule has 1 heterocycles. The van der Waals surface area contributed by atoms with Gasteiger partial charge in [0.05, 0.1) is 22.8 Å². The zero-order valence-corrected chi connectivity index (χ0v) is 13.7. The van der Waals surface area contributed by atoms with E-state index < -0.39 is 0 Å². The Morgan fingerprint density at radius 3 is 2.76 bits per heavy atom. The first-order chi connectivity index (χ1) is 10.2. The quantitative estimate of drug-likeness (QED) is 0.897. The summed E-state index contributed by atoms with van der Waals surface area (Å²) in [6, 6.07) is 6.01. The van der Waals surface area contributed by atoms with E-state index in [1.54, 1.807) is 0 Å². The van der Waals surface area contributed by atoms with Crippen molar-refractivity contribution >= 4 is 27.0 Å². The fourth-order valence-electron chi connectivity index (χ4n) is 3.15. The van der Waals surface area contributed by atoms with E-state index in [-0.39, 0.29) is 6.10 Å². The third-order valence-corrected chi connectivity index (χ3v) is 4.91. The Morgan fingerprint density at radius 2 is 1.95 bits per heavy atom. The molecule has 0 saturated heterocycles. The van der Waals surface area contributed by atoms with Crippen LogP contribution in [0, 0.1) is 5.92 Å². The van der Waals surface area contributed by atoms with Gasteiger partial charge in [-0.2, -0.15) is 0 Å². The van der Waals surface area contributed by atoms with Crippen LogP contribution in [0.25, 0.3) is 11.0 Å². The van der Waals surface area contributed by atoms with Crippen LogP contribution in [-0.4, -0.2) is 21.2 Å². The highest BCUT2D eigenvalue weighted by Gasteiger charge is 2.18. The van der Waals surface area contributed by atoms with Crippen molar-refractivity contribution in [3.8, 4) is 0 Å². The predicted octanol–water partition coefficient (Wildman–Crippen LogP) is 4.27. The predicted molar refractivity (Wildman–Crippen MR) is 88.1 cm³/mol. The summed E-state index contributed by atoms with van der Waals surface area (Å²) in [5, 5.41) is 9.53. The smallest absolute Gasteiger partial charge is 0.0901 e. The largest absolute Gasteiger partial charge is 0.393 e. The Labute approximate surface area is 133 Å². The highest BCUT2D eigenvalue weighted by Crippen LogP contribution is 2.28. The van der Waals surface area contributed by atoms with Gasteiger partial charge in [0.25, 0.3) is 0 Å². The summed E-state index contributed by atoms with van der Waals surface area (Å²) >= 11 is 3.48. The van der Waals surface area contributed by atoms with Gasteiger partial charge in [-0.15, -0.1) is 0 Å². The van der Waals surface area contributed by atoms with Crippen LogP contribution >= 0.6 is 15.9 Å². The van der Waals surface area contributed by atoms with Crippen molar-refractivity contribution in [1.82, 2.24) is 9.97 Å². The lowest BCUT2D eigenvalue weighted by Crippen LogP contribution is -2.18. The minimum Gasteiger partial charge on any atom is -0.393 e. The monoisotopic (exact) mass is 348 g/mol. The molecule has 1 aliphatic carbocycles. The molecule has 0 aliphatic heterocycles. The third-order valence-electron chi connectivity index (χ3n) is 4.42. The Morgan fingerprint density at radius 1 is 1.14 bits per heavy atom. The second kappa shape index (κ2) is 6.84. The van der Waals surface area contributed by atoms with Gasteiger partial charge in [-0.25, -0.2) is 4.98 Å². The van der Waals surface area contributed by atoms with Crippen LogP contribution in [-0.2, 0) is 6.42 Å². The van der Waals surface area contributed by atoms with E-state index in [9.17, 15) is 5.11 Å². The summed E-state index contributed by atoms with van der Waals surface area (Å²) in [4.78, 5) is 9.18. The SMILES string of the molecule is OC1CCC(CCCc2cnc3ccc(Br)cc3n2)CC1. The number of nitrogens with zero attached hydrogens (tertiary/aromatic N) is 2. The Bertz CT molecular complexity index is 609. The second-order valence-electron chi connectivity index (χ2n) is 6.06. The maximum Gasteiger partial charge on any atom is 0.0901 e. The van der Waals surface area contributed by atoms with Crippen molar-refractivity contribution in [3.05, 3.63) is 34.6 Å². The molecule has 3 rings (SSSR count). The number of fused-ring (bicyclic) bond motifs is 1. The minimum absolute atomic E-state index is 0.0500. The van der Waals surface area contributed by atoms with Crippen molar-refractivity contribution in [2.75, 3.05) is 0 Å². The number of aryl methyl sites for hydroxylation is 1. The molecule has 0 amide bonds. The van der Waals surface area contributed by atoms with E-state index in [0.29, 0.717) is 0 Å². The van der Waals surface area contributed by atoms with Gasteiger partial charge in [0.1, 0.15) is 0 Å². The zero-order valence-electron chi connectivity index (χ0n) is 12.1. The first kappa shape index (κ1) is 14.9.